The monoisotopic (exact) mass is 1970 g/mol. The number of nitrogens with zero attached hydrogens (tertiary/aromatic N) is 28. The van der Waals surface area contributed by atoms with E-state index in [1.165, 1.54) is 57.5 Å². The summed E-state index contributed by atoms with van der Waals surface area (Å²) in [5, 5.41) is 107. The third-order valence-corrected chi connectivity index (χ3v) is 20.6. The van der Waals surface area contributed by atoms with Gasteiger partial charge in [0.05, 0.1) is 65.2 Å². The Balaban J connectivity index is 0.000000227. The number of carbonyl (C=O) groups is 8. The van der Waals surface area contributed by atoms with E-state index in [-0.39, 0.29) is 45.5 Å². The number of carboxylic acid groups (broad SMARTS) is 1. The van der Waals surface area contributed by atoms with Gasteiger partial charge in [-0.3, -0.25) is 71.0 Å². The number of nitrogens with one attached hydrogen (secondary N) is 8. The molecule has 8 heterocycles. The van der Waals surface area contributed by atoms with Crippen LogP contribution in [0, 0.1) is 0 Å². The molecule has 0 bridgehead atoms. The van der Waals surface area contributed by atoms with E-state index in [1.807, 2.05) is 169 Å². The van der Waals surface area contributed by atoms with Gasteiger partial charge in [0, 0.05) is 177 Å². The number of aliphatic hydroxyl groups is 1. The lowest BCUT2D eigenvalue weighted by Crippen LogP contribution is -2.49. The van der Waals surface area contributed by atoms with Crippen molar-refractivity contribution < 1.29 is 61.7 Å². The van der Waals surface area contributed by atoms with Crippen LogP contribution in [0.2, 0.25) is 0 Å². The Morgan fingerprint density at radius 1 is 0.444 bits per heavy atom. The number of rotatable bonds is 33. The Kier molecular flexibility index (Phi) is 45.2. The fraction of sp³-hybridized carbons (Fsp3) is 0.370. The molecular weight excluding hydrogens is 1850 g/mol. The molecule has 6 aromatic carbocycles. The van der Waals surface area contributed by atoms with Crippen LogP contribution < -0.4 is 51.7 Å². The number of fused-ring (bicyclic) bond motifs is 1. The molecule has 3 atom stereocenters. The van der Waals surface area contributed by atoms with Crippen molar-refractivity contribution in [3.63, 3.8) is 0 Å². The Bertz CT molecular complexity index is 6440. The second kappa shape index (κ2) is 57.0. The molecule has 3 unspecified atom stereocenters. The van der Waals surface area contributed by atoms with Gasteiger partial charge in [0.15, 0.2) is 22.9 Å². The number of anilines is 2. The Labute approximate surface area is 821 Å². The number of aliphatic carboxylic acids is 1. The second-order valence-corrected chi connectivity index (χ2v) is 34.8. The summed E-state index contributed by atoms with van der Waals surface area (Å²) in [6.07, 6.45) is 15.9. The van der Waals surface area contributed by atoms with Crippen molar-refractivity contribution >= 4 is 90.9 Å². The molecule has 756 valence electrons. The number of carbonyl (C=O) groups excluding carboxylic acids is 7. The zero-order chi connectivity index (χ0) is 104. The van der Waals surface area contributed by atoms with Crippen LogP contribution in [-0.4, -0.2) is 265 Å². The molecule has 49 nitrogen and oxygen atoms in total. The first kappa shape index (κ1) is 112. The Morgan fingerprint density at radius 2 is 0.894 bits per heavy atom. The van der Waals surface area contributed by atoms with E-state index in [0.29, 0.717) is 79.3 Å². The van der Waals surface area contributed by atoms with E-state index >= 15 is 0 Å². The lowest BCUT2D eigenvalue weighted by atomic mass is 10.1. The average Bonchev–Trinajstić information content (AvgIpc) is 0.924. The van der Waals surface area contributed by atoms with Gasteiger partial charge in [0.1, 0.15) is 40.9 Å². The number of carboxylic acids is 1. The number of aromatic nitrogens is 24. The quantitative estimate of drug-likeness (QED) is 0.0128. The molecule has 14 rings (SSSR count). The highest BCUT2D eigenvalue weighted by molar-refractivity contribution is 7.89. The minimum absolute atomic E-state index is 0.0527. The summed E-state index contributed by atoms with van der Waals surface area (Å²) in [4.78, 5) is 95.7. The zero-order valence-corrected chi connectivity index (χ0v) is 83.6. The van der Waals surface area contributed by atoms with Crippen molar-refractivity contribution in [2.75, 3.05) is 71.2 Å². The topological polar surface area (TPSA) is 594 Å². The SMILES string of the molecule is CC(=O)c1cn(C)nn1.CC(NC(=O)C(C)NC(=O)c1cn(C)nn1)C(=O)O.CN(C)c1ccc(N=Nc2ccc(C(=O)NCc3cn(C)nn3)cc2)cc1.CN(C)c1cccc2c(S(=O)(=O)NCCCCCNC(=O)c3cn(C)nn3)cccc12.CNCc1cn(C)nn1.Cn1cc(C(=O)NCCCNC(=O)OC(C)(C)C)nn1.Cn1cc(C(O)c2ccccc2)nn1.Cn1cc(Cc2ccccc2)nn1. The number of azo groups is 1. The van der Waals surface area contributed by atoms with E-state index in [1.54, 1.807) is 143 Å². The van der Waals surface area contributed by atoms with Crippen LogP contribution in [0.1, 0.15) is 160 Å². The number of unbranched alkanes of at least 4 members (excludes halogenated alkanes) is 2. The summed E-state index contributed by atoms with van der Waals surface area (Å²) in [5.74, 6) is -3.07. The van der Waals surface area contributed by atoms with Crippen LogP contribution >= 0.6 is 0 Å². The smallest absolute Gasteiger partial charge is 0.407 e. The van der Waals surface area contributed by atoms with Crippen molar-refractivity contribution in [1.82, 2.24) is 162 Å². The van der Waals surface area contributed by atoms with Gasteiger partial charge in [0.25, 0.3) is 23.6 Å². The van der Waals surface area contributed by atoms with Crippen molar-refractivity contribution in [3.05, 3.63) is 257 Å². The Hall–Kier alpha value is -16.5. The number of ketones is 1. The minimum atomic E-state index is -3.63. The number of Topliss-reactive ketones (excluding diaryl/α,β-unsaturated/α-hetero) is 1. The highest BCUT2D eigenvalue weighted by atomic mass is 32.2. The number of hydrogen-bond acceptors (Lipinski definition) is 33. The molecule has 50 heteroatoms. The van der Waals surface area contributed by atoms with Gasteiger partial charge in [-0.25, -0.2) is 17.9 Å². The molecule has 10 N–H and O–H groups in total. The molecule has 6 amide bonds. The average molecular weight is 1970 g/mol. The van der Waals surface area contributed by atoms with Crippen LogP contribution in [0.15, 0.2) is 210 Å². The van der Waals surface area contributed by atoms with Crippen molar-refractivity contribution in [2.45, 2.75) is 115 Å². The highest BCUT2D eigenvalue weighted by Gasteiger charge is 2.24. The van der Waals surface area contributed by atoms with Crippen LogP contribution in [0.4, 0.5) is 27.5 Å². The van der Waals surface area contributed by atoms with Gasteiger partial charge in [0.2, 0.25) is 15.9 Å². The molecule has 0 spiro atoms. The molecule has 142 heavy (non-hydrogen) atoms. The minimum Gasteiger partial charge on any atom is -0.480 e. The fourth-order valence-electron chi connectivity index (χ4n) is 12.0. The Morgan fingerprint density at radius 3 is 1.36 bits per heavy atom. The highest BCUT2D eigenvalue weighted by Crippen LogP contribution is 2.31. The van der Waals surface area contributed by atoms with E-state index in [4.69, 9.17) is 9.84 Å². The molecule has 0 fully saturated rings. The zero-order valence-electron chi connectivity index (χ0n) is 82.8. The van der Waals surface area contributed by atoms with Gasteiger partial charge >= 0.3 is 12.1 Å². The maximum absolute atomic E-state index is 12.9. The largest absolute Gasteiger partial charge is 0.480 e. The number of aryl methyl sites for hydroxylation is 8. The number of alkyl carbamates (subject to hydrolysis) is 1. The number of sulfonamides is 1. The predicted octanol–water partition coefficient (Wildman–Crippen LogP) is 5.98. The molecule has 0 aliphatic heterocycles. The molecular formula is C92H124N36O13S. The maximum atomic E-state index is 12.9. The second-order valence-electron chi connectivity index (χ2n) is 33.0. The molecule has 8 aromatic heterocycles. The summed E-state index contributed by atoms with van der Waals surface area (Å²) < 4.78 is 45.9. The number of hydrogen-bond donors (Lipinski definition) is 10. The molecule has 14 aromatic rings. The van der Waals surface area contributed by atoms with Crippen LogP contribution in [-0.2, 0) is 100 Å². The summed E-state index contributed by atoms with van der Waals surface area (Å²) in [6.45, 7) is 12.4. The predicted molar refractivity (Wildman–Crippen MR) is 526 cm³/mol. The first-order valence-corrected chi connectivity index (χ1v) is 45.9. The van der Waals surface area contributed by atoms with E-state index < -0.39 is 57.7 Å². The van der Waals surface area contributed by atoms with E-state index in [2.05, 4.69) is 147 Å². The summed E-state index contributed by atoms with van der Waals surface area (Å²) in [7, 11) is 20.1. The van der Waals surface area contributed by atoms with Crippen molar-refractivity contribution in [1.29, 1.82) is 0 Å². The first-order chi connectivity index (χ1) is 67.5. The maximum Gasteiger partial charge on any atom is 0.407 e. The summed E-state index contributed by atoms with van der Waals surface area (Å²) in [5.41, 5.74) is 9.95. The van der Waals surface area contributed by atoms with Gasteiger partial charge in [-0.2, -0.15) is 10.2 Å². The van der Waals surface area contributed by atoms with Crippen LogP contribution in [0.3, 0.4) is 0 Å². The standard InChI is InChI=1S/C21H28N6O3S.C19H21N7O.C12H21N5O3.C10H15N5O4.C10H11N3O.C10H11N3.C5H10N4.C5H7N3O/c1-26(2)19-11-7-10-17-16(19)9-8-12-20(17)31(29,30)23-14-6-4-5-13-22-21(28)18-15-27(3)25-24-18;1-25(2)18-10-8-16(9-11-18)22-21-15-6-4-14(5-7-15)19(27)20-12-17-13-26(3)24-23-17;1-12(2,3)20-11(19)14-7-5-6-13-10(18)9-8-17(4)16-15-9;1-5(8(16)12-6(2)10(18)19)11-9(17)7-4-15(3)14-13-7;1-13-7-9(11-12-13)10(14)8-5-3-2-4-6-8;1-13-8-10(11-12-13)7-9-5-3-2-4-6-9;1-6-3-5-4-9(2)8-7-5;1-4(9)5-3-8(2)7-6-5/h7-12,15,23H,4-6,13-14H2,1-3H3,(H,22,28);4-11,13H,12H2,1-3H3,(H,20,27);8H,5-7H2,1-4H3,(H,13,18)(H,14,19);4-6H,1-3H3,(H,11,17)(H,12,16)(H,18,19);2-7,10,14H,1H3;2-6,8H,7H2,1H3;4,6H,3H2,1-2H3;3H,1-2H3. The molecule has 0 aliphatic rings. The normalized spacial score (nSPS) is 11.4. The molecule has 0 radical (unpaired) electrons. The lowest BCUT2D eigenvalue weighted by molar-refractivity contribution is -0.141. The molecule has 0 aliphatic carbocycles. The summed E-state index contributed by atoms with van der Waals surface area (Å²) >= 11 is 0. The molecule has 0 saturated heterocycles. The van der Waals surface area contributed by atoms with Crippen LogP contribution in [0.5, 0.6) is 0 Å². The van der Waals surface area contributed by atoms with Gasteiger partial charge < -0.3 is 62.0 Å². The van der Waals surface area contributed by atoms with Crippen molar-refractivity contribution in [2.24, 2.45) is 66.6 Å². The number of benzene rings is 6. The van der Waals surface area contributed by atoms with E-state index in [0.717, 1.165) is 65.2 Å². The fourth-order valence-corrected chi connectivity index (χ4v) is 13.3. The van der Waals surface area contributed by atoms with Gasteiger partial charge in [-0.15, -0.1) is 40.8 Å². The molecule has 0 saturated carbocycles. The van der Waals surface area contributed by atoms with Gasteiger partial charge in [-0.1, -0.05) is 133 Å². The third kappa shape index (κ3) is 40.3. The third-order valence-electron chi connectivity index (χ3n) is 19.1. The van der Waals surface area contributed by atoms with Gasteiger partial charge in [-0.05, 0) is 133 Å². The number of ether oxygens (including phenoxy) is 1. The lowest BCUT2D eigenvalue weighted by Gasteiger charge is -2.19. The first-order valence-electron chi connectivity index (χ1n) is 44.5. The number of aliphatic hydroxyl groups excluding tert-OH is 1. The van der Waals surface area contributed by atoms with Crippen LogP contribution in [0.25, 0.3) is 10.8 Å². The number of amides is 6. The van der Waals surface area contributed by atoms with Crippen molar-refractivity contribution in [3.8, 4) is 0 Å². The van der Waals surface area contributed by atoms with E-state index in [9.17, 15) is 51.9 Å². The summed E-state index contributed by atoms with van der Waals surface area (Å²) in [6, 6.07) is 43.5.